The summed E-state index contributed by atoms with van der Waals surface area (Å²) >= 11 is 0. The maximum absolute atomic E-state index is 11.9. The van der Waals surface area contributed by atoms with E-state index in [1.807, 2.05) is 18.3 Å². The monoisotopic (exact) mass is 301 g/mol. The first-order valence-electron chi connectivity index (χ1n) is 8.02. The molecular weight excluding hydrogens is 278 g/mol. The highest BCUT2D eigenvalue weighted by molar-refractivity contribution is 5.76. The first-order chi connectivity index (χ1) is 10.8. The number of morpholine rings is 1. The number of allylic oxidation sites excluding steroid dienone is 2. The Hall–Kier alpha value is -1.88. The van der Waals surface area contributed by atoms with Crippen LogP contribution in [0.2, 0.25) is 0 Å². The summed E-state index contributed by atoms with van der Waals surface area (Å²) in [6.07, 6.45) is 8.95. The van der Waals surface area contributed by atoms with Crippen molar-refractivity contribution in [3.05, 3.63) is 36.0 Å². The quantitative estimate of drug-likeness (QED) is 0.844. The molecule has 1 aromatic rings. The SMILES string of the molecule is O=C(C[C@H]1C=CCC1)NCc1ccc(N2CCOCC2)nc1. The Balaban J connectivity index is 1.46. The van der Waals surface area contributed by atoms with E-state index in [4.69, 9.17) is 4.74 Å². The van der Waals surface area contributed by atoms with Crippen molar-refractivity contribution in [2.75, 3.05) is 31.2 Å². The highest BCUT2D eigenvalue weighted by Gasteiger charge is 2.14. The summed E-state index contributed by atoms with van der Waals surface area (Å²) in [5.74, 6) is 1.52. The molecule has 3 rings (SSSR count). The van der Waals surface area contributed by atoms with Gasteiger partial charge >= 0.3 is 0 Å². The van der Waals surface area contributed by atoms with Gasteiger partial charge in [0.05, 0.1) is 13.2 Å². The molecule has 2 aliphatic rings. The number of pyridine rings is 1. The van der Waals surface area contributed by atoms with Crippen LogP contribution in [0.25, 0.3) is 0 Å². The van der Waals surface area contributed by atoms with Crippen molar-refractivity contribution in [2.24, 2.45) is 5.92 Å². The third kappa shape index (κ3) is 4.07. The molecule has 1 aromatic heterocycles. The van der Waals surface area contributed by atoms with Crippen LogP contribution >= 0.6 is 0 Å². The molecule has 0 unspecified atom stereocenters. The van der Waals surface area contributed by atoms with Crippen LogP contribution in [0, 0.1) is 5.92 Å². The van der Waals surface area contributed by atoms with Crippen molar-refractivity contribution in [2.45, 2.75) is 25.8 Å². The molecule has 0 spiro atoms. The van der Waals surface area contributed by atoms with Gasteiger partial charge in [0.25, 0.3) is 0 Å². The number of nitrogens with zero attached hydrogens (tertiary/aromatic N) is 2. The van der Waals surface area contributed by atoms with Gasteiger partial charge in [-0.25, -0.2) is 4.98 Å². The van der Waals surface area contributed by atoms with Crippen molar-refractivity contribution in [3.8, 4) is 0 Å². The predicted octanol–water partition coefficient (Wildman–Crippen LogP) is 1.89. The predicted molar refractivity (Wildman–Crippen MR) is 85.6 cm³/mol. The van der Waals surface area contributed by atoms with E-state index in [2.05, 4.69) is 27.4 Å². The van der Waals surface area contributed by atoms with Gasteiger partial charge in [0.15, 0.2) is 0 Å². The van der Waals surface area contributed by atoms with Gasteiger partial charge in [-0.05, 0) is 30.4 Å². The lowest BCUT2D eigenvalue weighted by molar-refractivity contribution is -0.121. The van der Waals surface area contributed by atoms with Gasteiger partial charge in [0.2, 0.25) is 5.91 Å². The Bertz CT molecular complexity index is 521. The normalized spacial score (nSPS) is 21.1. The number of rotatable bonds is 5. The van der Waals surface area contributed by atoms with Gasteiger partial charge in [0.1, 0.15) is 5.82 Å². The summed E-state index contributed by atoms with van der Waals surface area (Å²) in [7, 11) is 0. The van der Waals surface area contributed by atoms with E-state index >= 15 is 0 Å². The Morgan fingerprint density at radius 2 is 2.23 bits per heavy atom. The van der Waals surface area contributed by atoms with E-state index in [1.165, 1.54) is 0 Å². The van der Waals surface area contributed by atoms with Crippen molar-refractivity contribution >= 4 is 11.7 Å². The molecular formula is C17H23N3O2. The molecule has 1 N–H and O–H groups in total. The summed E-state index contributed by atoms with van der Waals surface area (Å²) in [4.78, 5) is 18.6. The van der Waals surface area contributed by atoms with Crippen LogP contribution in [-0.2, 0) is 16.1 Å². The summed E-state index contributed by atoms with van der Waals surface area (Å²) in [6.45, 7) is 3.84. The minimum Gasteiger partial charge on any atom is -0.378 e. The zero-order valence-corrected chi connectivity index (χ0v) is 12.8. The fourth-order valence-electron chi connectivity index (χ4n) is 2.88. The lowest BCUT2D eigenvalue weighted by Crippen LogP contribution is -2.36. The van der Waals surface area contributed by atoms with Crippen LogP contribution in [-0.4, -0.2) is 37.2 Å². The van der Waals surface area contributed by atoms with Crippen LogP contribution in [0.3, 0.4) is 0 Å². The molecule has 1 fully saturated rings. The minimum atomic E-state index is 0.119. The minimum absolute atomic E-state index is 0.119. The van der Waals surface area contributed by atoms with E-state index in [1.54, 1.807) is 0 Å². The Labute approximate surface area is 131 Å². The second-order valence-corrected chi connectivity index (χ2v) is 5.87. The van der Waals surface area contributed by atoms with E-state index in [-0.39, 0.29) is 5.91 Å². The first kappa shape index (κ1) is 15.0. The number of amides is 1. The van der Waals surface area contributed by atoms with Gasteiger partial charge in [-0.15, -0.1) is 0 Å². The van der Waals surface area contributed by atoms with Crippen LogP contribution in [0.1, 0.15) is 24.8 Å². The molecule has 1 aliphatic carbocycles. The smallest absolute Gasteiger partial charge is 0.220 e. The van der Waals surface area contributed by atoms with Crippen LogP contribution in [0.5, 0.6) is 0 Å². The molecule has 1 amide bonds. The zero-order valence-electron chi connectivity index (χ0n) is 12.8. The number of anilines is 1. The second kappa shape index (κ2) is 7.40. The maximum atomic E-state index is 11.9. The lowest BCUT2D eigenvalue weighted by Gasteiger charge is -2.27. The number of nitrogens with one attached hydrogen (secondary N) is 1. The molecule has 2 heterocycles. The number of hydrogen-bond acceptors (Lipinski definition) is 4. The second-order valence-electron chi connectivity index (χ2n) is 5.87. The highest BCUT2D eigenvalue weighted by Crippen LogP contribution is 2.20. The lowest BCUT2D eigenvalue weighted by atomic mass is 10.1. The Morgan fingerprint density at radius 3 is 2.91 bits per heavy atom. The maximum Gasteiger partial charge on any atom is 0.220 e. The van der Waals surface area contributed by atoms with Crippen molar-refractivity contribution in [3.63, 3.8) is 0 Å². The topological polar surface area (TPSA) is 54.5 Å². The third-order valence-electron chi connectivity index (χ3n) is 4.19. The molecule has 118 valence electrons. The Kier molecular flexibility index (Phi) is 5.06. The number of hydrogen-bond donors (Lipinski definition) is 1. The summed E-state index contributed by atoms with van der Waals surface area (Å²) in [5.41, 5.74) is 1.03. The molecule has 0 bridgehead atoms. The summed E-state index contributed by atoms with van der Waals surface area (Å²) < 4.78 is 5.34. The summed E-state index contributed by atoms with van der Waals surface area (Å²) in [5, 5.41) is 2.98. The molecule has 5 nitrogen and oxygen atoms in total. The molecule has 1 atom stereocenters. The number of carbonyl (C=O) groups excluding carboxylic acids is 1. The van der Waals surface area contributed by atoms with Gasteiger partial charge in [-0.1, -0.05) is 18.2 Å². The first-order valence-corrected chi connectivity index (χ1v) is 8.02. The van der Waals surface area contributed by atoms with E-state index in [0.717, 1.165) is 50.5 Å². The molecule has 0 aromatic carbocycles. The molecule has 0 radical (unpaired) electrons. The fourth-order valence-corrected chi connectivity index (χ4v) is 2.88. The largest absolute Gasteiger partial charge is 0.378 e. The molecule has 0 saturated carbocycles. The third-order valence-corrected chi connectivity index (χ3v) is 4.19. The standard InChI is InChI=1S/C17H23N3O2/c21-17(11-14-3-1-2-4-14)19-13-15-5-6-16(18-12-15)20-7-9-22-10-8-20/h1,3,5-6,12,14H,2,4,7-11,13H2,(H,19,21)/t14-/m0/s1. The van der Waals surface area contributed by atoms with Gasteiger partial charge in [-0.3, -0.25) is 4.79 Å². The Morgan fingerprint density at radius 1 is 1.36 bits per heavy atom. The van der Waals surface area contributed by atoms with Crippen molar-refractivity contribution < 1.29 is 9.53 Å². The van der Waals surface area contributed by atoms with Gasteiger partial charge in [0, 0.05) is 32.3 Å². The zero-order chi connectivity index (χ0) is 15.2. The van der Waals surface area contributed by atoms with E-state index in [9.17, 15) is 4.79 Å². The number of carbonyl (C=O) groups is 1. The molecule has 22 heavy (non-hydrogen) atoms. The van der Waals surface area contributed by atoms with Crippen molar-refractivity contribution in [1.82, 2.24) is 10.3 Å². The van der Waals surface area contributed by atoms with Gasteiger partial charge in [-0.2, -0.15) is 0 Å². The van der Waals surface area contributed by atoms with Crippen LogP contribution in [0.4, 0.5) is 5.82 Å². The fraction of sp³-hybridized carbons (Fsp3) is 0.529. The van der Waals surface area contributed by atoms with E-state index < -0.39 is 0 Å². The average molecular weight is 301 g/mol. The number of aromatic nitrogens is 1. The van der Waals surface area contributed by atoms with Crippen molar-refractivity contribution in [1.29, 1.82) is 0 Å². The summed E-state index contributed by atoms with van der Waals surface area (Å²) in [6, 6.07) is 4.06. The highest BCUT2D eigenvalue weighted by atomic mass is 16.5. The van der Waals surface area contributed by atoms with Gasteiger partial charge < -0.3 is 15.0 Å². The van der Waals surface area contributed by atoms with E-state index in [0.29, 0.717) is 18.9 Å². The van der Waals surface area contributed by atoms with Crippen LogP contribution < -0.4 is 10.2 Å². The molecule has 1 aliphatic heterocycles. The average Bonchev–Trinajstić information content (AvgIpc) is 3.07. The number of ether oxygens (including phenoxy) is 1. The molecule has 5 heteroatoms. The molecule has 1 saturated heterocycles. The van der Waals surface area contributed by atoms with Crippen LogP contribution in [0.15, 0.2) is 30.5 Å².